The minimum Gasteiger partial charge on any atom is -0.493 e. The molecule has 4 N–H and O–H groups in total. The predicted octanol–water partition coefficient (Wildman–Crippen LogP) is 1.98. The first-order chi connectivity index (χ1) is 23.5. The molecule has 1 aliphatic rings. The number of para-hydroxylation sites is 1. The predicted molar refractivity (Wildman–Crippen MR) is 182 cm³/mol. The molecule has 262 valence electrons. The third-order valence-corrected chi connectivity index (χ3v) is 7.82. The Morgan fingerprint density at radius 3 is 2.27 bits per heavy atom. The van der Waals surface area contributed by atoms with E-state index in [0.29, 0.717) is 30.2 Å². The molecule has 4 rings (SSSR count). The number of carbonyl (C=O) groups excluding carboxylic acids is 5. The Labute approximate surface area is 286 Å². The van der Waals surface area contributed by atoms with Crippen LogP contribution in [0, 0.1) is 5.92 Å². The molecule has 14 nitrogen and oxygen atoms in total. The number of fused-ring (bicyclic) bond motifs is 1. The molecule has 14 heteroatoms. The van der Waals surface area contributed by atoms with Crippen LogP contribution in [0.4, 0.5) is 0 Å². The molecule has 0 bridgehead atoms. The SMILES string of the molecule is CC(C)C[C@H]1NC(=O)[C@@H](C)NC(=O)CN(C(=O)CCOc2ccccc2)CCCNC(=O)Cn2nc(-c3ccccc3)nc2[C@H](C)NC1=O. The van der Waals surface area contributed by atoms with Crippen LogP contribution in [-0.2, 0) is 30.5 Å². The van der Waals surface area contributed by atoms with Crippen LogP contribution in [0.5, 0.6) is 5.75 Å². The molecular formula is C35H46N8O6. The number of rotatable bonds is 7. The first-order valence-corrected chi connectivity index (χ1v) is 16.6. The average Bonchev–Trinajstić information content (AvgIpc) is 3.49. The van der Waals surface area contributed by atoms with Gasteiger partial charge in [-0.2, -0.15) is 5.10 Å². The quantitative estimate of drug-likeness (QED) is 0.294. The monoisotopic (exact) mass is 674 g/mol. The molecule has 0 radical (unpaired) electrons. The zero-order valence-electron chi connectivity index (χ0n) is 28.5. The van der Waals surface area contributed by atoms with Crippen LogP contribution in [0.15, 0.2) is 60.7 Å². The second-order valence-electron chi connectivity index (χ2n) is 12.5. The highest BCUT2D eigenvalue weighted by atomic mass is 16.5. The highest BCUT2D eigenvalue weighted by Gasteiger charge is 2.29. The van der Waals surface area contributed by atoms with E-state index in [-0.39, 0.29) is 56.9 Å². The fourth-order valence-corrected chi connectivity index (χ4v) is 5.32. The van der Waals surface area contributed by atoms with Crippen molar-refractivity contribution >= 4 is 29.5 Å². The summed E-state index contributed by atoms with van der Waals surface area (Å²) in [6.45, 7) is 7.17. The lowest BCUT2D eigenvalue weighted by atomic mass is 10.0. The molecule has 5 amide bonds. The number of hydrogen-bond acceptors (Lipinski definition) is 8. The van der Waals surface area contributed by atoms with E-state index in [1.165, 1.54) is 16.5 Å². The summed E-state index contributed by atoms with van der Waals surface area (Å²) in [7, 11) is 0. The van der Waals surface area contributed by atoms with E-state index >= 15 is 0 Å². The van der Waals surface area contributed by atoms with E-state index in [2.05, 4.69) is 31.3 Å². The van der Waals surface area contributed by atoms with Gasteiger partial charge in [-0.1, -0.05) is 62.4 Å². The summed E-state index contributed by atoms with van der Waals surface area (Å²) in [4.78, 5) is 72.2. The Balaban J connectivity index is 1.55. The molecule has 0 unspecified atom stereocenters. The molecular weight excluding hydrogens is 628 g/mol. The molecule has 1 aliphatic heterocycles. The molecule has 3 aromatic rings. The number of hydrogen-bond donors (Lipinski definition) is 4. The van der Waals surface area contributed by atoms with Crippen molar-refractivity contribution in [3.63, 3.8) is 0 Å². The van der Waals surface area contributed by atoms with Crippen LogP contribution in [0.25, 0.3) is 11.4 Å². The lowest BCUT2D eigenvalue weighted by molar-refractivity contribution is -0.137. The van der Waals surface area contributed by atoms with Crippen molar-refractivity contribution in [2.45, 2.75) is 71.6 Å². The van der Waals surface area contributed by atoms with Crippen molar-refractivity contribution in [2.24, 2.45) is 5.92 Å². The maximum Gasteiger partial charge on any atom is 0.243 e. The summed E-state index contributed by atoms with van der Waals surface area (Å²) < 4.78 is 7.13. The van der Waals surface area contributed by atoms with E-state index in [0.717, 1.165) is 5.56 Å². The van der Waals surface area contributed by atoms with Crippen molar-refractivity contribution in [3.8, 4) is 17.1 Å². The van der Waals surface area contributed by atoms with Crippen LogP contribution in [0.3, 0.4) is 0 Å². The molecule has 0 saturated heterocycles. The van der Waals surface area contributed by atoms with Crippen molar-refractivity contribution in [1.82, 2.24) is 40.9 Å². The van der Waals surface area contributed by atoms with Crippen LogP contribution in [0.1, 0.15) is 58.8 Å². The molecule has 49 heavy (non-hydrogen) atoms. The molecule has 0 fully saturated rings. The first-order valence-electron chi connectivity index (χ1n) is 16.6. The van der Waals surface area contributed by atoms with Gasteiger partial charge in [0.1, 0.15) is 30.2 Å². The Kier molecular flexibility index (Phi) is 13.3. The summed E-state index contributed by atoms with van der Waals surface area (Å²) in [5, 5.41) is 15.8. The molecule has 3 atom stereocenters. The molecule has 2 heterocycles. The Hall–Kier alpha value is -5.27. The van der Waals surface area contributed by atoms with Crippen molar-refractivity contribution in [3.05, 3.63) is 66.5 Å². The number of benzene rings is 2. The van der Waals surface area contributed by atoms with E-state index in [9.17, 15) is 24.0 Å². The van der Waals surface area contributed by atoms with Crippen LogP contribution < -0.4 is 26.0 Å². The summed E-state index contributed by atoms with van der Waals surface area (Å²) in [5.41, 5.74) is 0.746. The molecule has 2 aromatic carbocycles. The minimum absolute atomic E-state index is 0.0214. The Morgan fingerprint density at radius 1 is 0.878 bits per heavy atom. The van der Waals surface area contributed by atoms with Gasteiger partial charge in [0, 0.05) is 18.7 Å². The third kappa shape index (κ3) is 11.2. The van der Waals surface area contributed by atoms with Gasteiger partial charge in [-0.15, -0.1) is 0 Å². The number of amides is 5. The Morgan fingerprint density at radius 2 is 1.57 bits per heavy atom. The smallest absolute Gasteiger partial charge is 0.243 e. The van der Waals surface area contributed by atoms with E-state index in [1.54, 1.807) is 19.1 Å². The van der Waals surface area contributed by atoms with Gasteiger partial charge < -0.3 is 30.9 Å². The standard InChI is InChI=1S/C35H46N8O6/c1-23(2)20-28-35(48)38-24(3)33-40-32(26-12-7-5-8-13-26)41-43(33)22-29(44)36-17-11-18-42(21-30(45)37-25(4)34(47)39-28)31(46)16-19-49-27-14-9-6-10-15-27/h5-10,12-15,23-25,28H,11,16-22H2,1-4H3,(H,36,44)(H,37,45)(H,38,48)(H,39,47)/t24-,25+,28+/m0/s1. The number of nitrogens with zero attached hydrogens (tertiary/aromatic N) is 4. The molecule has 0 saturated carbocycles. The topological polar surface area (TPSA) is 177 Å². The van der Waals surface area contributed by atoms with Gasteiger partial charge in [-0.3, -0.25) is 24.0 Å². The Bertz CT molecular complexity index is 1580. The van der Waals surface area contributed by atoms with Gasteiger partial charge in [0.25, 0.3) is 0 Å². The van der Waals surface area contributed by atoms with Gasteiger partial charge >= 0.3 is 0 Å². The fourth-order valence-electron chi connectivity index (χ4n) is 5.32. The van der Waals surface area contributed by atoms with Gasteiger partial charge in [0.15, 0.2) is 5.82 Å². The number of aromatic nitrogens is 3. The summed E-state index contributed by atoms with van der Waals surface area (Å²) in [6, 6.07) is 15.8. The van der Waals surface area contributed by atoms with Crippen molar-refractivity contribution in [1.29, 1.82) is 0 Å². The molecule has 0 spiro atoms. The maximum atomic E-state index is 13.6. The summed E-state index contributed by atoms with van der Waals surface area (Å²) >= 11 is 0. The minimum atomic E-state index is -0.983. The molecule has 1 aromatic heterocycles. The van der Waals surface area contributed by atoms with Gasteiger partial charge in [0.05, 0.1) is 25.6 Å². The van der Waals surface area contributed by atoms with Gasteiger partial charge in [-0.25, -0.2) is 9.67 Å². The third-order valence-electron chi connectivity index (χ3n) is 7.82. The maximum absolute atomic E-state index is 13.6. The second-order valence-corrected chi connectivity index (χ2v) is 12.5. The van der Waals surface area contributed by atoms with Crippen LogP contribution in [0.2, 0.25) is 0 Å². The molecule has 0 aliphatic carbocycles. The highest BCUT2D eigenvalue weighted by Crippen LogP contribution is 2.19. The largest absolute Gasteiger partial charge is 0.493 e. The van der Waals surface area contributed by atoms with Crippen molar-refractivity contribution < 1.29 is 28.7 Å². The van der Waals surface area contributed by atoms with Gasteiger partial charge in [0.2, 0.25) is 29.5 Å². The van der Waals surface area contributed by atoms with Crippen molar-refractivity contribution in [2.75, 3.05) is 26.2 Å². The summed E-state index contributed by atoms with van der Waals surface area (Å²) in [6.07, 6.45) is 0.722. The number of ether oxygens (including phenoxy) is 1. The van der Waals surface area contributed by atoms with E-state index < -0.39 is 35.8 Å². The van der Waals surface area contributed by atoms with E-state index in [1.807, 2.05) is 62.4 Å². The zero-order valence-corrected chi connectivity index (χ0v) is 28.5. The van der Waals surface area contributed by atoms with Crippen LogP contribution >= 0.6 is 0 Å². The fraction of sp³-hybridized carbons (Fsp3) is 0.457. The lowest BCUT2D eigenvalue weighted by Gasteiger charge is -2.25. The zero-order chi connectivity index (χ0) is 35.3. The lowest BCUT2D eigenvalue weighted by Crippen LogP contribution is -2.54. The van der Waals surface area contributed by atoms with E-state index in [4.69, 9.17) is 4.74 Å². The second kappa shape index (κ2) is 17.8. The highest BCUT2D eigenvalue weighted by molar-refractivity contribution is 5.93. The van der Waals surface area contributed by atoms with Crippen LogP contribution in [-0.4, -0.2) is 87.5 Å². The van der Waals surface area contributed by atoms with Gasteiger partial charge in [-0.05, 0) is 44.7 Å². The average molecular weight is 675 g/mol. The summed E-state index contributed by atoms with van der Waals surface area (Å²) in [5.74, 6) is -0.739. The number of carbonyl (C=O) groups is 5. The normalized spacial score (nSPS) is 20.1. The number of nitrogens with one attached hydrogen (secondary N) is 4. The first kappa shape index (κ1) is 36.6.